The summed E-state index contributed by atoms with van der Waals surface area (Å²) in [6.45, 7) is -2.07. The van der Waals surface area contributed by atoms with Crippen LogP contribution in [0.2, 0.25) is 0 Å². The second kappa shape index (κ2) is 16.6. The Morgan fingerprint density at radius 1 is 0.596 bits per heavy atom. The average molecular weight is 692 g/mol. The van der Waals surface area contributed by atoms with Gasteiger partial charge in [-0.25, -0.2) is 0 Å². The predicted octanol–water partition coefficient (Wildman–Crippen LogP) is -8.58. The highest BCUT2D eigenvalue weighted by molar-refractivity contribution is 5.73. The van der Waals surface area contributed by atoms with Crippen LogP contribution in [0.5, 0.6) is 0 Å². The van der Waals surface area contributed by atoms with Crippen LogP contribution in [0.15, 0.2) is 0 Å². The van der Waals surface area contributed by atoms with Gasteiger partial charge in [0.05, 0.1) is 32.5 Å². The van der Waals surface area contributed by atoms with Crippen LogP contribution in [-0.2, 0) is 38.0 Å². The Bertz CT molecular complexity index is 996. The largest absolute Gasteiger partial charge is 0.394 e. The van der Waals surface area contributed by atoms with Gasteiger partial charge in [0, 0.05) is 13.3 Å². The van der Waals surface area contributed by atoms with Crippen LogP contribution in [0.3, 0.4) is 0 Å². The van der Waals surface area contributed by atoms with Crippen molar-refractivity contribution in [3.8, 4) is 0 Å². The molecule has 4 aliphatic heterocycles. The summed E-state index contributed by atoms with van der Waals surface area (Å²) in [5.74, 6) is -0.726. The third-order valence-corrected chi connectivity index (χ3v) is 8.50. The number of carbonyl (C=O) groups is 1. The molecule has 4 saturated heterocycles. The monoisotopic (exact) mass is 691 g/mol. The van der Waals surface area contributed by atoms with Crippen molar-refractivity contribution in [2.75, 3.05) is 26.4 Å². The van der Waals surface area contributed by atoms with Crippen molar-refractivity contribution in [2.45, 2.75) is 130 Å². The molecule has 0 aromatic carbocycles. The molecule has 11 unspecified atom stereocenters. The van der Waals surface area contributed by atoms with Gasteiger partial charge in [0.1, 0.15) is 85.4 Å². The van der Waals surface area contributed by atoms with Gasteiger partial charge >= 0.3 is 0 Å². The van der Waals surface area contributed by atoms with Crippen LogP contribution in [0.25, 0.3) is 0 Å². The summed E-state index contributed by atoms with van der Waals surface area (Å²) in [7, 11) is 0. The van der Waals surface area contributed by atoms with E-state index in [1.165, 1.54) is 0 Å². The normalized spacial score (nSPS) is 49.4. The number of carbonyl (C=O) groups excluding carboxylic acids is 1. The molecule has 0 spiro atoms. The molecule has 21 nitrogen and oxygen atoms in total. The van der Waals surface area contributed by atoms with E-state index in [0.717, 1.165) is 6.92 Å². The van der Waals surface area contributed by atoms with Crippen LogP contribution in [0.1, 0.15) is 13.3 Å². The van der Waals surface area contributed by atoms with Crippen LogP contribution >= 0.6 is 0 Å². The molecule has 19 atom stereocenters. The summed E-state index contributed by atoms with van der Waals surface area (Å²) in [6.07, 6.45) is -29.6. The van der Waals surface area contributed by atoms with Crippen molar-refractivity contribution < 1.29 is 99.2 Å². The van der Waals surface area contributed by atoms with Crippen molar-refractivity contribution in [1.82, 2.24) is 5.32 Å². The average Bonchev–Trinajstić information content (AvgIpc) is 3.04. The topological polar surface area (TPSA) is 336 Å². The molecular weight excluding hydrogens is 646 g/mol. The molecule has 4 heterocycles. The number of hydrogen-bond donors (Lipinski definition) is 13. The first kappa shape index (κ1) is 38.5. The molecule has 13 N–H and O–H groups in total. The van der Waals surface area contributed by atoms with Gasteiger partial charge in [0.15, 0.2) is 25.2 Å². The van der Waals surface area contributed by atoms with Gasteiger partial charge in [0.2, 0.25) is 5.91 Å². The Kier molecular flexibility index (Phi) is 13.6. The maximum Gasteiger partial charge on any atom is 0.217 e. The maximum absolute atomic E-state index is 12.1. The Labute approximate surface area is 267 Å². The molecule has 0 saturated carbocycles. The van der Waals surface area contributed by atoms with E-state index in [1.54, 1.807) is 0 Å². The zero-order valence-corrected chi connectivity index (χ0v) is 25.1. The summed E-state index contributed by atoms with van der Waals surface area (Å²) < 4.78 is 38.9. The molecule has 0 bridgehead atoms. The van der Waals surface area contributed by atoms with Gasteiger partial charge in [-0.2, -0.15) is 0 Å². The van der Waals surface area contributed by atoms with Gasteiger partial charge in [-0.15, -0.1) is 0 Å². The van der Waals surface area contributed by atoms with Gasteiger partial charge < -0.3 is 99.8 Å². The fraction of sp³-hybridized carbons (Fsp3) is 0.962. The highest BCUT2D eigenvalue weighted by atomic mass is 16.8. The second-order valence-corrected chi connectivity index (χ2v) is 11.8. The Morgan fingerprint density at radius 2 is 1.13 bits per heavy atom. The molecule has 4 aliphatic rings. The number of rotatable bonds is 11. The Balaban J connectivity index is 1.54. The number of hydrogen-bond acceptors (Lipinski definition) is 20. The van der Waals surface area contributed by atoms with E-state index in [4.69, 9.17) is 33.2 Å². The third-order valence-electron chi connectivity index (χ3n) is 8.50. The van der Waals surface area contributed by atoms with Crippen LogP contribution in [-0.4, -0.2) is 210 Å². The zero-order valence-electron chi connectivity index (χ0n) is 25.1. The van der Waals surface area contributed by atoms with Crippen molar-refractivity contribution in [2.24, 2.45) is 0 Å². The first-order valence-electron chi connectivity index (χ1n) is 15.0. The van der Waals surface area contributed by atoms with E-state index in [1.807, 2.05) is 0 Å². The zero-order chi connectivity index (χ0) is 34.7. The van der Waals surface area contributed by atoms with Gasteiger partial charge in [0.25, 0.3) is 0 Å². The minimum Gasteiger partial charge on any atom is -0.394 e. The van der Waals surface area contributed by atoms with Crippen LogP contribution in [0, 0.1) is 0 Å². The lowest BCUT2D eigenvalue weighted by atomic mass is 9.94. The summed E-state index contributed by atoms with van der Waals surface area (Å²) in [5, 5.41) is 125. The number of aliphatic hydroxyl groups is 12. The fourth-order valence-corrected chi connectivity index (χ4v) is 5.90. The van der Waals surface area contributed by atoms with E-state index >= 15 is 0 Å². The molecule has 21 heteroatoms. The van der Waals surface area contributed by atoms with E-state index in [0.29, 0.717) is 0 Å². The highest BCUT2D eigenvalue weighted by Crippen LogP contribution is 2.34. The maximum atomic E-state index is 12.1. The molecule has 1 amide bonds. The number of nitrogens with one attached hydrogen (secondary N) is 1. The Hall–Kier alpha value is -1.29. The van der Waals surface area contributed by atoms with Gasteiger partial charge in [-0.3, -0.25) is 4.79 Å². The van der Waals surface area contributed by atoms with Crippen molar-refractivity contribution in [3.05, 3.63) is 0 Å². The highest BCUT2D eigenvalue weighted by Gasteiger charge is 2.54. The molecule has 274 valence electrons. The summed E-state index contributed by atoms with van der Waals surface area (Å²) in [6, 6.07) is -1.57. The lowest BCUT2D eigenvalue weighted by molar-refractivity contribution is -0.374. The molecule has 0 aromatic heterocycles. The first-order chi connectivity index (χ1) is 22.3. The predicted molar refractivity (Wildman–Crippen MR) is 144 cm³/mol. The number of ether oxygens (including phenoxy) is 7. The van der Waals surface area contributed by atoms with Crippen LogP contribution < -0.4 is 5.32 Å². The summed E-state index contributed by atoms with van der Waals surface area (Å²) >= 11 is 0. The number of amides is 1. The van der Waals surface area contributed by atoms with E-state index in [9.17, 15) is 66.1 Å². The molecular formula is C26H45NO20. The molecule has 0 aromatic rings. The number of aliphatic hydroxyl groups excluding tert-OH is 12. The summed E-state index contributed by atoms with van der Waals surface area (Å²) in [5.41, 5.74) is 0. The lowest BCUT2D eigenvalue weighted by Gasteiger charge is -2.49. The molecule has 0 radical (unpaired) electrons. The van der Waals surface area contributed by atoms with Crippen molar-refractivity contribution >= 4 is 5.91 Å². The molecule has 4 rings (SSSR count). The summed E-state index contributed by atoms with van der Waals surface area (Å²) in [4.78, 5) is 12.1. The van der Waals surface area contributed by atoms with E-state index < -0.39 is 149 Å². The van der Waals surface area contributed by atoms with Crippen LogP contribution in [0.4, 0.5) is 0 Å². The van der Waals surface area contributed by atoms with Crippen molar-refractivity contribution in [3.63, 3.8) is 0 Å². The third kappa shape index (κ3) is 8.37. The molecule has 47 heavy (non-hydrogen) atoms. The first-order valence-corrected chi connectivity index (χ1v) is 15.0. The van der Waals surface area contributed by atoms with Crippen molar-refractivity contribution in [1.29, 1.82) is 0 Å². The second-order valence-electron chi connectivity index (χ2n) is 11.8. The Morgan fingerprint density at radius 3 is 1.70 bits per heavy atom. The smallest absolute Gasteiger partial charge is 0.217 e. The molecule has 4 fully saturated rings. The molecule has 0 aliphatic carbocycles. The minimum atomic E-state index is -1.90. The van der Waals surface area contributed by atoms with E-state index in [-0.39, 0.29) is 6.42 Å². The lowest BCUT2D eigenvalue weighted by Crippen LogP contribution is -2.69. The standard InChI is InChI=1S/C26H45NO20/c1-7(32)27-14-17(36)21(46-25-19(38)18(37)15(34)11(4-29)43-25)13(6-31)45-24(14)47-22-16(35)12(5-30)44-26(20(22)39)42-9-2-8(33)23(40)41-10(9)3-28/h8-26,28-31,33-40H,2-6H2,1H3,(H,27,32)/t8?,9-,10?,11?,12?,13?,14?,15-,16-,17?,18?,19?,20?,21+,22?,23+,24-,25-,26+/m0/s1. The van der Waals surface area contributed by atoms with E-state index in [2.05, 4.69) is 5.32 Å². The SMILES string of the molecule is CC(=O)NC1C(O)[C@H](O[C@@H]2OC(CO)[C@H](O)C(O)C2O)C(CO)O[C@H]1OC1C(O)[C@H](O[C@H]2CC(O)[C@H](O)OC2CO)OC(CO)[C@@H]1O. The fourth-order valence-electron chi connectivity index (χ4n) is 5.90. The van der Waals surface area contributed by atoms with Gasteiger partial charge in [-0.1, -0.05) is 0 Å². The minimum absolute atomic E-state index is 0.270. The quantitative estimate of drug-likeness (QED) is 0.0956. The van der Waals surface area contributed by atoms with Gasteiger partial charge in [-0.05, 0) is 0 Å².